The Morgan fingerprint density at radius 3 is 2.68 bits per heavy atom. The van der Waals surface area contributed by atoms with Gasteiger partial charge in [-0.25, -0.2) is 0 Å². The Hall–Kier alpha value is -1.50. The molecule has 0 radical (unpaired) electrons. The second-order valence-electron chi connectivity index (χ2n) is 4.63. The van der Waals surface area contributed by atoms with Crippen LogP contribution in [-0.2, 0) is 16.6 Å². The number of nitrogens with zero attached hydrogens (tertiary/aromatic N) is 3. The molecule has 0 aliphatic carbocycles. The highest BCUT2D eigenvalue weighted by Crippen LogP contribution is 2.20. The number of carbonyl (C=O) groups is 2. The molecule has 0 spiro atoms. The number of rotatable bonds is 4. The third kappa shape index (κ3) is 3.73. The zero-order valence-electron chi connectivity index (χ0n) is 10.8. The Morgan fingerprint density at radius 2 is 2.16 bits per heavy atom. The van der Waals surface area contributed by atoms with Crippen LogP contribution in [0.3, 0.4) is 0 Å². The number of thioether (sulfide) groups is 1. The van der Waals surface area contributed by atoms with Gasteiger partial charge in [-0.05, 0) is 12.8 Å². The van der Waals surface area contributed by atoms with Crippen molar-refractivity contribution in [3.8, 4) is 0 Å². The Bertz CT molecular complexity index is 467. The van der Waals surface area contributed by atoms with Crippen LogP contribution < -0.4 is 0 Å². The zero-order valence-corrected chi connectivity index (χ0v) is 11.6. The highest BCUT2D eigenvalue weighted by molar-refractivity contribution is 8.00. The van der Waals surface area contributed by atoms with Crippen molar-refractivity contribution in [3.63, 3.8) is 0 Å². The van der Waals surface area contributed by atoms with E-state index in [1.165, 1.54) is 11.8 Å². The van der Waals surface area contributed by atoms with Gasteiger partial charge in [0.25, 0.3) is 0 Å². The van der Waals surface area contributed by atoms with E-state index in [2.05, 4.69) is 5.10 Å². The summed E-state index contributed by atoms with van der Waals surface area (Å²) in [5, 5.41) is 12.9. The van der Waals surface area contributed by atoms with Gasteiger partial charge in [-0.2, -0.15) is 5.10 Å². The SMILES string of the molecule is Cn1cc(SCC(=O)N2CCC(C(=O)O)CC2)cn1. The van der Waals surface area contributed by atoms with E-state index in [9.17, 15) is 9.59 Å². The molecular weight excluding hydrogens is 266 g/mol. The van der Waals surface area contributed by atoms with E-state index in [1.807, 2.05) is 13.2 Å². The van der Waals surface area contributed by atoms with E-state index in [4.69, 9.17) is 5.11 Å². The molecule has 7 heteroatoms. The Balaban J connectivity index is 1.77. The summed E-state index contributed by atoms with van der Waals surface area (Å²) in [6.45, 7) is 1.09. The molecule has 1 aliphatic rings. The molecule has 2 rings (SSSR count). The topological polar surface area (TPSA) is 75.4 Å². The minimum absolute atomic E-state index is 0.0673. The first kappa shape index (κ1) is 13.9. The third-order valence-electron chi connectivity index (χ3n) is 3.24. The number of carboxylic acid groups (broad SMARTS) is 1. The molecule has 19 heavy (non-hydrogen) atoms. The van der Waals surface area contributed by atoms with Crippen molar-refractivity contribution >= 4 is 23.6 Å². The summed E-state index contributed by atoms with van der Waals surface area (Å²) in [5.74, 6) is -0.603. The summed E-state index contributed by atoms with van der Waals surface area (Å²) in [4.78, 5) is 25.5. The molecule has 1 saturated heterocycles. The van der Waals surface area contributed by atoms with E-state index < -0.39 is 5.97 Å². The average Bonchev–Trinajstić information content (AvgIpc) is 2.82. The molecule has 0 bridgehead atoms. The van der Waals surface area contributed by atoms with Crippen LogP contribution in [0.1, 0.15) is 12.8 Å². The van der Waals surface area contributed by atoms with Gasteiger partial charge in [0, 0.05) is 31.2 Å². The summed E-state index contributed by atoms with van der Waals surface area (Å²) in [7, 11) is 1.84. The molecule has 1 aromatic heterocycles. The number of amides is 1. The number of carbonyl (C=O) groups excluding carboxylic acids is 1. The molecule has 0 atom stereocenters. The van der Waals surface area contributed by atoms with E-state index in [-0.39, 0.29) is 11.8 Å². The third-order valence-corrected chi connectivity index (χ3v) is 4.18. The number of aliphatic carboxylic acids is 1. The van der Waals surface area contributed by atoms with E-state index in [0.29, 0.717) is 31.7 Å². The number of hydrogen-bond acceptors (Lipinski definition) is 4. The number of aromatic nitrogens is 2. The van der Waals surface area contributed by atoms with Gasteiger partial charge in [-0.3, -0.25) is 14.3 Å². The van der Waals surface area contributed by atoms with Gasteiger partial charge in [-0.15, -0.1) is 11.8 Å². The van der Waals surface area contributed by atoms with Crippen molar-refractivity contribution in [2.45, 2.75) is 17.7 Å². The number of carboxylic acids is 1. The minimum Gasteiger partial charge on any atom is -0.481 e. The Kier molecular flexibility index (Phi) is 4.47. The molecule has 2 heterocycles. The molecule has 0 aromatic carbocycles. The lowest BCUT2D eigenvalue weighted by Gasteiger charge is -2.30. The molecule has 104 valence electrons. The predicted molar refractivity (Wildman–Crippen MR) is 70.9 cm³/mol. The van der Waals surface area contributed by atoms with Crippen LogP contribution in [0.2, 0.25) is 0 Å². The number of piperidine rings is 1. The molecule has 1 N–H and O–H groups in total. The van der Waals surface area contributed by atoms with Crippen LogP contribution in [0.5, 0.6) is 0 Å². The molecular formula is C12H17N3O3S. The number of aryl methyl sites for hydroxylation is 1. The first-order valence-electron chi connectivity index (χ1n) is 6.18. The summed E-state index contributed by atoms with van der Waals surface area (Å²) in [6, 6.07) is 0. The average molecular weight is 283 g/mol. The van der Waals surface area contributed by atoms with E-state index in [0.717, 1.165) is 4.90 Å². The zero-order chi connectivity index (χ0) is 13.8. The van der Waals surface area contributed by atoms with Crippen LogP contribution in [0.25, 0.3) is 0 Å². The lowest BCUT2D eigenvalue weighted by atomic mass is 9.97. The number of hydrogen-bond donors (Lipinski definition) is 1. The van der Waals surface area contributed by atoms with Crippen LogP contribution in [-0.4, -0.2) is 50.5 Å². The first-order valence-corrected chi connectivity index (χ1v) is 7.17. The summed E-state index contributed by atoms with van der Waals surface area (Å²) >= 11 is 1.46. The van der Waals surface area contributed by atoms with Crippen molar-refractivity contribution in [3.05, 3.63) is 12.4 Å². The molecule has 6 nitrogen and oxygen atoms in total. The maximum absolute atomic E-state index is 12.0. The Morgan fingerprint density at radius 1 is 1.47 bits per heavy atom. The monoisotopic (exact) mass is 283 g/mol. The molecule has 1 aliphatic heterocycles. The highest BCUT2D eigenvalue weighted by Gasteiger charge is 2.26. The maximum Gasteiger partial charge on any atom is 0.306 e. The first-order chi connectivity index (χ1) is 9.06. The largest absolute Gasteiger partial charge is 0.481 e. The van der Waals surface area contributed by atoms with Crippen molar-refractivity contribution in [2.75, 3.05) is 18.8 Å². The maximum atomic E-state index is 12.0. The van der Waals surface area contributed by atoms with E-state index in [1.54, 1.807) is 15.8 Å². The van der Waals surface area contributed by atoms with Crippen LogP contribution in [0.4, 0.5) is 0 Å². The van der Waals surface area contributed by atoms with Gasteiger partial charge in [-0.1, -0.05) is 0 Å². The van der Waals surface area contributed by atoms with Gasteiger partial charge in [0.15, 0.2) is 0 Å². The van der Waals surface area contributed by atoms with Crippen molar-refractivity contribution in [1.29, 1.82) is 0 Å². The van der Waals surface area contributed by atoms with Gasteiger partial charge in [0.05, 0.1) is 17.9 Å². The standard InChI is InChI=1S/C12H17N3O3S/c1-14-7-10(6-13-14)19-8-11(16)15-4-2-9(3-5-15)12(17)18/h6-7,9H,2-5,8H2,1H3,(H,17,18). The van der Waals surface area contributed by atoms with E-state index >= 15 is 0 Å². The fraction of sp³-hybridized carbons (Fsp3) is 0.583. The smallest absolute Gasteiger partial charge is 0.306 e. The summed E-state index contributed by atoms with van der Waals surface area (Å²) in [6.07, 6.45) is 4.71. The van der Waals surface area contributed by atoms with Gasteiger partial charge in [0.1, 0.15) is 0 Å². The minimum atomic E-state index is -0.753. The number of likely N-dealkylation sites (tertiary alicyclic amines) is 1. The quantitative estimate of drug-likeness (QED) is 0.829. The molecule has 1 aromatic rings. The van der Waals surface area contributed by atoms with Gasteiger partial charge in [0.2, 0.25) is 5.91 Å². The van der Waals surface area contributed by atoms with Crippen LogP contribution in [0.15, 0.2) is 17.3 Å². The summed E-state index contributed by atoms with van der Waals surface area (Å²) < 4.78 is 1.70. The highest BCUT2D eigenvalue weighted by atomic mass is 32.2. The normalized spacial score (nSPS) is 16.6. The van der Waals surface area contributed by atoms with Crippen molar-refractivity contribution in [1.82, 2.24) is 14.7 Å². The molecule has 1 fully saturated rings. The molecule has 1 amide bonds. The lowest BCUT2D eigenvalue weighted by Crippen LogP contribution is -2.41. The molecule has 0 saturated carbocycles. The van der Waals surface area contributed by atoms with Crippen molar-refractivity contribution < 1.29 is 14.7 Å². The van der Waals surface area contributed by atoms with Gasteiger partial charge < -0.3 is 10.0 Å². The lowest BCUT2D eigenvalue weighted by molar-refractivity contribution is -0.145. The fourth-order valence-corrected chi connectivity index (χ4v) is 2.91. The predicted octanol–water partition coefficient (Wildman–Crippen LogP) is 0.835. The van der Waals surface area contributed by atoms with Crippen LogP contribution in [0, 0.1) is 5.92 Å². The van der Waals surface area contributed by atoms with Gasteiger partial charge >= 0.3 is 5.97 Å². The van der Waals surface area contributed by atoms with Crippen molar-refractivity contribution in [2.24, 2.45) is 13.0 Å². The second kappa shape index (κ2) is 6.10. The Labute approximate surface area is 115 Å². The molecule has 0 unspecified atom stereocenters. The summed E-state index contributed by atoms with van der Waals surface area (Å²) in [5.41, 5.74) is 0. The second-order valence-corrected chi connectivity index (χ2v) is 5.68. The van der Waals surface area contributed by atoms with Crippen LogP contribution >= 0.6 is 11.8 Å². The fourth-order valence-electron chi connectivity index (χ4n) is 2.09.